The van der Waals surface area contributed by atoms with Crippen molar-refractivity contribution in [2.24, 2.45) is 5.92 Å². The van der Waals surface area contributed by atoms with Crippen LogP contribution in [0.5, 0.6) is 0 Å². The van der Waals surface area contributed by atoms with Crippen LogP contribution in [-0.4, -0.2) is 40.4 Å². The van der Waals surface area contributed by atoms with Gasteiger partial charge in [-0.3, -0.25) is 4.98 Å². The predicted octanol–water partition coefficient (Wildman–Crippen LogP) is 5.81. The van der Waals surface area contributed by atoms with Gasteiger partial charge in [0.15, 0.2) is 11.6 Å². The first-order valence-electron chi connectivity index (χ1n) is 13.5. The molecule has 8 nitrogen and oxygen atoms in total. The van der Waals surface area contributed by atoms with Crippen LogP contribution in [0.3, 0.4) is 0 Å². The Kier molecular flexibility index (Phi) is 8.10. The van der Waals surface area contributed by atoms with E-state index in [2.05, 4.69) is 50.4 Å². The fourth-order valence-electron chi connectivity index (χ4n) is 5.23. The molecule has 1 fully saturated rings. The minimum Gasteiger partial charge on any atom is -0.260 e. The normalized spacial score (nSPS) is 14.4. The van der Waals surface area contributed by atoms with E-state index in [0.29, 0.717) is 12.2 Å². The van der Waals surface area contributed by atoms with Gasteiger partial charge in [-0.2, -0.15) is 5.10 Å². The molecular weight excluding hydrogens is 448 g/mol. The number of unbranched alkanes of at least 4 members (excludes halogenated alkanes) is 2. The van der Waals surface area contributed by atoms with Gasteiger partial charge in [0.1, 0.15) is 5.82 Å². The molecule has 188 valence electrons. The van der Waals surface area contributed by atoms with Gasteiger partial charge < -0.3 is 0 Å². The van der Waals surface area contributed by atoms with Crippen LogP contribution in [0.2, 0.25) is 0 Å². The van der Waals surface area contributed by atoms with Crippen molar-refractivity contribution >= 4 is 0 Å². The summed E-state index contributed by atoms with van der Waals surface area (Å²) in [6, 6.07) is 12.3. The lowest BCUT2D eigenvalue weighted by molar-refractivity contribution is 0.337. The number of hydrogen-bond donors (Lipinski definition) is 1. The molecule has 0 radical (unpaired) electrons. The number of aryl methyl sites for hydroxylation is 2. The molecule has 5 rings (SSSR count). The van der Waals surface area contributed by atoms with Crippen LogP contribution >= 0.6 is 0 Å². The maximum absolute atomic E-state index is 4.98. The average molecular weight is 485 g/mol. The minimum atomic E-state index is 0.649. The van der Waals surface area contributed by atoms with Crippen molar-refractivity contribution < 1.29 is 0 Å². The molecule has 1 N–H and O–H groups in total. The van der Waals surface area contributed by atoms with Crippen LogP contribution in [0.1, 0.15) is 82.1 Å². The monoisotopic (exact) mass is 484 g/mol. The molecule has 1 aromatic carbocycles. The molecule has 0 bridgehead atoms. The van der Waals surface area contributed by atoms with Crippen LogP contribution in [-0.2, 0) is 19.4 Å². The quantitative estimate of drug-likeness (QED) is 0.270. The second kappa shape index (κ2) is 12.0. The van der Waals surface area contributed by atoms with Gasteiger partial charge in [-0.05, 0) is 40.8 Å². The molecule has 3 heterocycles. The largest absolute Gasteiger partial charge is 0.260 e. The number of hydrogen-bond acceptors (Lipinski definition) is 6. The zero-order chi connectivity index (χ0) is 24.6. The van der Waals surface area contributed by atoms with Crippen molar-refractivity contribution in [2.45, 2.75) is 84.1 Å². The van der Waals surface area contributed by atoms with Crippen molar-refractivity contribution in [3.05, 3.63) is 59.9 Å². The number of H-pyrrole nitrogens is 1. The summed E-state index contributed by atoms with van der Waals surface area (Å²) in [7, 11) is 0. The summed E-state index contributed by atoms with van der Waals surface area (Å²) in [5.74, 6) is 3.52. The predicted molar refractivity (Wildman–Crippen MR) is 140 cm³/mol. The zero-order valence-electron chi connectivity index (χ0n) is 21.2. The van der Waals surface area contributed by atoms with E-state index in [9.17, 15) is 0 Å². The Morgan fingerprint density at radius 2 is 1.86 bits per heavy atom. The van der Waals surface area contributed by atoms with Crippen molar-refractivity contribution in [3.63, 3.8) is 0 Å². The highest BCUT2D eigenvalue weighted by atomic mass is 15.5. The highest BCUT2D eigenvalue weighted by molar-refractivity contribution is 5.79. The van der Waals surface area contributed by atoms with E-state index in [4.69, 9.17) is 15.1 Å². The molecule has 3 aromatic heterocycles. The van der Waals surface area contributed by atoms with Gasteiger partial charge in [-0.1, -0.05) is 82.2 Å². The topological polar surface area (TPSA) is 98.1 Å². The summed E-state index contributed by atoms with van der Waals surface area (Å²) in [6.07, 6.45) is 15.3. The van der Waals surface area contributed by atoms with Crippen LogP contribution in [0.25, 0.3) is 22.5 Å². The summed E-state index contributed by atoms with van der Waals surface area (Å²) in [6.45, 7) is 3.16. The van der Waals surface area contributed by atoms with E-state index < -0.39 is 0 Å². The molecule has 0 amide bonds. The molecule has 0 saturated heterocycles. The zero-order valence-corrected chi connectivity index (χ0v) is 21.2. The van der Waals surface area contributed by atoms with Crippen LogP contribution in [0.15, 0.2) is 42.6 Å². The molecule has 1 aliphatic rings. The van der Waals surface area contributed by atoms with Crippen molar-refractivity contribution in [3.8, 4) is 22.5 Å². The lowest BCUT2D eigenvalue weighted by Gasteiger charge is -2.20. The first kappa shape index (κ1) is 24.3. The Labute approximate surface area is 213 Å². The van der Waals surface area contributed by atoms with E-state index in [0.717, 1.165) is 59.3 Å². The molecule has 8 heteroatoms. The minimum absolute atomic E-state index is 0.649. The van der Waals surface area contributed by atoms with Crippen LogP contribution in [0, 0.1) is 5.92 Å². The molecule has 36 heavy (non-hydrogen) atoms. The molecule has 1 aliphatic carbocycles. The third-order valence-electron chi connectivity index (χ3n) is 7.27. The molecule has 0 aliphatic heterocycles. The lowest BCUT2D eigenvalue weighted by atomic mass is 9.86. The second-order valence-corrected chi connectivity index (χ2v) is 9.93. The van der Waals surface area contributed by atoms with Crippen LogP contribution < -0.4 is 0 Å². The number of nitrogens with one attached hydrogen (secondary N) is 1. The van der Waals surface area contributed by atoms with Crippen molar-refractivity contribution in [1.29, 1.82) is 0 Å². The highest BCUT2D eigenvalue weighted by Gasteiger charge is 2.17. The third kappa shape index (κ3) is 6.04. The van der Waals surface area contributed by atoms with Crippen molar-refractivity contribution in [2.75, 3.05) is 0 Å². The van der Waals surface area contributed by atoms with Gasteiger partial charge in [0.05, 0.1) is 0 Å². The van der Waals surface area contributed by atoms with Crippen molar-refractivity contribution in [1.82, 2.24) is 40.4 Å². The summed E-state index contributed by atoms with van der Waals surface area (Å²) in [4.78, 5) is 9.78. The van der Waals surface area contributed by atoms with Gasteiger partial charge in [0.25, 0.3) is 0 Å². The smallest absolute Gasteiger partial charge is 0.180 e. The second-order valence-electron chi connectivity index (χ2n) is 9.93. The number of aromatic amines is 1. The Hall–Kier alpha value is -3.42. The van der Waals surface area contributed by atoms with E-state index in [1.165, 1.54) is 51.4 Å². The van der Waals surface area contributed by atoms with E-state index in [1.807, 2.05) is 24.4 Å². The standard InChI is InChI=1S/C28H36N8/c1-2-3-9-18-36-27(30-26(33-36)17-14-21-10-5-4-6-11-21)19-23-16-15-22(20-29-23)24-12-7-8-13-25(24)28-31-34-35-32-28/h7-8,12-13,15-16,20-21H,2-6,9-11,14,17-19H2,1H3,(H,31,32,34,35). The number of pyridine rings is 1. The molecular formula is C28H36N8. The number of tetrazole rings is 1. The Balaban J connectivity index is 1.31. The fourth-order valence-corrected chi connectivity index (χ4v) is 5.23. The van der Waals surface area contributed by atoms with Crippen LogP contribution in [0.4, 0.5) is 0 Å². The summed E-state index contributed by atoms with van der Waals surface area (Å²) in [5.41, 5.74) is 4.03. The maximum atomic E-state index is 4.98. The number of rotatable bonds is 11. The average Bonchev–Trinajstić information content (AvgIpc) is 3.59. The van der Waals surface area contributed by atoms with Gasteiger partial charge in [0, 0.05) is 42.4 Å². The van der Waals surface area contributed by atoms with Gasteiger partial charge in [0.2, 0.25) is 0 Å². The van der Waals surface area contributed by atoms with Gasteiger partial charge in [-0.25, -0.2) is 14.8 Å². The molecule has 1 saturated carbocycles. The Morgan fingerprint density at radius 3 is 2.61 bits per heavy atom. The van der Waals surface area contributed by atoms with Gasteiger partial charge >= 0.3 is 0 Å². The van der Waals surface area contributed by atoms with E-state index in [1.54, 1.807) is 0 Å². The maximum Gasteiger partial charge on any atom is 0.180 e. The molecule has 0 atom stereocenters. The lowest BCUT2D eigenvalue weighted by Crippen LogP contribution is -2.08. The van der Waals surface area contributed by atoms with E-state index in [-0.39, 0.29) is 0 Å². The first-order valence-corrected chi connectivity index (χ1v) is 13.5. The summed E-state index contributed by atoms with van der Waals surface area (Å²) in [5, 5.41) is 19.3. The molecule has 4 aromatic rings. The molecule has 0 unspecified atom stereocenters. The molecule has 0 spiro atoms. The number of nitrogens with zero attached hydrogens (tertiary/aromatic N) is 7. The van der Waals surface area contributed by atoms with E-state index >= 15 is 0 Å². The highest BCUT2D eigenvalue weighted by Crippen LogP contribution is 2.30. The number of aromatic nitrogens is 8. The summed E-state index contributed by atoms with van der Waals surface area (Å²) < 4.78 is 2.13. The Morgan fingerprint density at radius 1 is 1.00 bits per heavy atom. The fraction of sp³-hybridized carbons (Fsp3) is 0.500. The van der Waals surface area contributed by atoms with Gasteiger partial charge in [-0.15, -0.1) is 5.10 Å². The number of benzene rings is 1. The first-order chi connectivity index (χ1) is 17.8. The Bertz CT molecular complexity index is 1210. The summed E-state index contributed by atoms with van der Waals surface area (Å²) >= 11 is 0. The third-order valence-corrected chi connectivity index (χ3v) is 7.27. The SMILES string of the molecule is CCCCCn1nc(CCC2CCCCC2)nc1Cc1ccc(-c2ccccc2-c2nnn[nH]2)cn1.